The molecule has 0 aromatic heterocycles. The standard InChI is InChI=1S/C21F45NO/c22-1(23,4(28,29)10(40,41)16(52,53)54)7(34,35)13(46,47)19(61,62)67(68,20(63,64)14(48,49)8(36,37)2(24,25)5(30,31)11(42,43)17(55,56)57)21(65,66)15(50,51)9(38,39)3(26,27)6(32,33)12(44,45)18(58,59)60. The molecule has 0 fully saturated rings. The SMILES string of the molecule is [O-][N+](C(F)(F)C(F)(F)C(F)(F)C(F)(F)C(F)(F)C(F)(F)C(F)(F)F)(C(F)(F)C(F)(F)C(F)(F)C(F)(F)C(F)(F)C(F)(F)C(F)(F)F)C(F)(F)C(F)(F)C(F)(F)C(F)(F)C(F)(F)C(F)(F)C(F)(F)F. The Morgan fingerprint density at radius 3 is 0.338 bits per heavy atom. The highest BCUT2D eigenvalue weighted by atomic mass is 19.5. The van der Waals surface area contributed by atoms with Gasteiger partial charge in [0.05, 0.1) is 0 Å². The Morgan fingerprint density at radius 1 is 0.147 bits per heavy atom. The highest BCUT2D eigenvalue weighted by Crippen LogP contribution is 2.73. The lowest BCUT2D eigenvalue weighted by Crippen LogP contribution is -2.90. The Kier molecular flexibility index (Phi) is 14.4. The predicted octanol–water partition coefficient (Wildman–Crippen LogP) is 14.3. The van der Waals surface area contributed by atoms with E-state index in [1.807, 2.05) is 0 Å². The lowest BCUT2D eigenvalue weighted by molar-refractivity contribution is -1.13. The van der Waals surface area contributed by atoms with Crippen LogP contribution in [0, 0.1) is 5.21 Å². The number of hydrogen-bond donors (Lipinski definition) is 0. The summed E-state index contributed by atoms with van der Waals surface area (Å²) in [6.45, 7) is 0. The highest BCUT2D eigenvalue weighted by molar-refractivity contribution is 5.17. The van der Waals surface area contributed by atoms with E-state index in [1.54, 1.807) is 0 Å². The summed E-state index contributed by atoms with van der Waals surface area (Å²) in [5.41, 5.74) is 0. The van der Waals surface area contributed by atoms with E-state index >= 15 is 0 Å². The molecule has 0 aliphatic rings. The van der Waals surface area contributed by atoms with Crippen LogP contribution in [0.15, 0.2) is 0 Å². The molecule has 0 amide bonds. The average Bonchev–Trinajstić information content (AvgIpc) is 3.07. The van der Waals surface area contributed by atoms with Crippen molar-refractivity contribution in [3.8, 4) is 0 Å². The van der Waals surface area contributed by atoms with E-state index in [1.165, 1.54) is 0 Å². The second-order valence-corrected chi connectivity index (χ2v) is 12.3. The lowest BCUT2D eigenvalue weighted by Gasteiger charge is -2.58. The maximum Gasteiger partial charge on any atom is 0.471 e. The third kappa shape index (κ3) is 6.94. The first-order valence-corrected chi connectivity index (χ1v) is 13.9. The van der Waals surface area contributed by atoms with Gasteiger partial charge in [-0.1, -0.05) is 0 Å². The topological polar surface area (TPSA) is 23.1 Å². The maximum absolute atomic E-state index is 14.9. The van der Waals surface area contributed by atoms with Crippen LogP contribution in [-0.4, -0.2) is 130 Å². The van der Waals surface area contributed by atoms with Crippen LogP contribution in [0.3, 0.4) is 0 Å². The Balaban J connectivity index is 9.69. The van der Waals surface area contributed by atoms with Gasteiger partial charge in [0, 0.05) is 0 Å². The molecule has 2 nitrogen and oxygen atoms in total. The van der Waals surface area contributed by atoms with E-state index in [4.69, 9.17) is 0 Å². The Morgan fingerprint density at radius 2 is 0.235 bits per heavy atom. The molecule has 0 aliphatic carbocycles. The van der Waals surface area contributed by atoms with Crippen LogP contribution in [-0.2, 0) is 0 Å². The van der Waals surface area contributed by atoms with Crippen LogP contribution in [0.2, 0.25) is 0 Å². The monoisotopic (exact) mass is 1140 g/mol. The molecule has 47 heteroatoms. The molecule has 0 rings (SSSR count). The second-order valence-electron chi connectivity index (χ2n) is 12.3. The summed E-state index contributed by atoms with van der Waals surface area (Å²) in [5.74, 6) is -158. The minimum Gasteiger partial charge on any atom is -0.619 e. The van der Waals surface area contributed by atoms with Crippen LogP contribution in [0.4, 0.5) is 198 Å². The Hall–Kier alpha value is -3.23. The second kappa shape index (κ2) is 15.2. The number of quaternary nitrogens is 1. The summed E-state index contributed by atoms with van der Waals surface area (Å²) in [4.78, 5) is 0. The third-order valence-corrected chi connectivity index (χ3v) is 8.12. The van der Waals surface area contributed by atoms with Crippen LogP contribution in [0.25, 0.3) is 0 Å². The summed E-state index contributed by atoms with van der Waals surface area (Å²) < 4.78 is 603. The van der Waals surface area contributed by atoms with Crippen molar-refractivity contribution in [1.29, 1.82) is 0 Å². The van der Waals surface area contributed by atoms with Gasteiger partial charge in [-0.2, -0.15) is 176 Å². The summed E-state index contributed by atoms with van der Waals surface area (Å²) in [6, 6.07) is -35.7. The molecule has 0 unspecified atom stereocenters. The molecule has 0 aromatic rings. The number of rotatable bonds is 18. The van der Waals surface area contributed by atoms with Crippen LogP contribution in [0.1, 0.15) is 0 Å². The van der Waals surface area contributed by atoms with E-state index in [-0.39, 0.29) is 0 Å². The van der Waals surface area contributed by atoms with Crippen molar-refractivity contribution in [2.45, 2.75) is 126 Å². The molecule has 0 N–H and O–H groups in total. The van der Waals surface area contributed by atoms with E-state index in [0.29, 0.717) is 0 Å². The van der Waals surface area contributed by atoms with Gasteiger partial charge in [-0.15, -0.1) is 26.3 Å². The van der Waals surface area contributed by atoms with Crippen molar-refractivity contribution >= 4 is 0 Å². The van der Waals surface area contributed by atoms with Gasteiger partial charge in [0.15, 0.2) is 0 Å². The number of hydrogen-bond acceptors (Lipinski definition) is 1. The minimum absolute atomic E-state index is 8.89. The normalized spacial score (nSPS) is 17.6. The minimum atomic E-state index is -11.9. The molecule has 0 heterocycles. The van der Waals surface area contributed by atoms with Gasteiger partial charge < -0.3 is 5.21 Å². The molecule has 0 aliphatic heterocycles. The van der Waals surface area contributed by atoms with Crippen molar-refractivity contribution in [1.82, 2.24) is 0 Å². The molecule has 68 heavy (non-hydrogen) atoms. The van der Waals surface area contributed by atoms with Crippen molar-refractivity contribution in [2.75, 3.05) is 0 Å². The molecule has 0 aromatic carbocycles. The number of halogens is 45. The van der Waals surface area contributed by atoms with Crippen LogP contribution in [0.5, 0.6) is 0 Å². The quantitative estimate of drug-likeness (QED) is 0.0581. The first-order valence-electron chi connectivity index (χ1n) is 13.9. The van der Waals surface area contributed by atoms with E-state index in [9.17, 15) is 203 Å². The van der Waals surface area contributed by atoms with Crippen molar-refractivity contribution in [3.63, 3.8) is 0 Å². The summed E-state index contributed by atoms with van der Waals surface area (Å²) in [5, 5.41) is 12.2. The van der Waals surface area contributed by atoms with Crippen LogP contribution >= 0.6 is 0 Å². The van der Waals surface area contributed by atoms with Gasteiger partial charge in [-0.3, -0.25) is 0 Å². The van der Waals surface area contributed by atoms with Gasteiger partial charge >= 0.3 is 126 Å². The molecule has 0 atom stereocenters. The summed E-state index contributed by atoms with van der Waals surface area (Å²) in [7, 11) is 0. The molecule has 0 radical (unpaired) electrons. The fourth-order valence-corrected chi connectivity index (χ4v) is 4.00. The molecular formula is C21F45NO. The zero-order valence-corrected chi connectivity index (χ0v) is 28.4. The predicted molar refractivity (Wildman–Crippen MR) is 111 cm³/mol. The largest absolute Gasteiger partial charge is 0.619 e. The third-order valence-electron chi connectivity index (χ3n) is 8.12. The molecule has 410 valence electrons. The van der Waals surface area contributed by atoms with E-state index in [2.05, 4.69) is 0 Å². The first-order chi connectivity index (χ1) is 28.2. The first kappa shape index (κ1) is 64.8. The number of hydroxylamine groups is 3. The smallest absolute Gasteiger partial charge is 0.471 e. The molecular weight excluding hydrogens is 1140 g/mol. The highest BCUT2D eigenvalue weighted by Gasteiger charge is 3.06. The zero-order chi connectivity index (χ0) is 57.0. The van der Waals surface area contributed by atoms with Gasteiger partial charge in [-0.25, -0.2) is 0 Å². The Labute approximate surface area is 334 Å². The average molecular weight is 1140 g/mol. The van der Waals surface area contributed by atoms with Gasteiger partial charge in [0.2, 0.25) is 0 Å². The zero-order valence-electron chi connectivity index (χ0n) is 28.4. The summed E-state index contributed by atoms with van der Waals surface area (Å²) >= 11 is 0. The fraction of sp³-hybridized carbons (Fsp3) is 1.00. The van der Waals surface area contributed by atoms with Crippen LogP contribution < -0.4 is 0 Å². The lowest BCUT2D eigenvalue weighted by atomic mass is 9.88. The molecule has 0 spiro atoms. The Bertz CT molecular complexity index is 1620. The van der Waals surface area contributed by atoms with Gasteiger partial charge in [0.25, 0.3) is 0 Å². The molecule has 0 bridgehead atoms. The van der Waals surface area contributed by atoms with E-state index < -0.39 is 130 Å². The number of nitrogens with zero attached hydrogens (tertiary/aromatic N) is 1. The molecule has 0 saturated carbocycles. The number of alkyl halides is 45. The van der Waals surface area contributed by atoms with Crippen molar-refractivity contribution in [3.05, 3.63) is 5.21 Å². The van der Waals surface area contributed by atoms with Gasteiger partial charge in [-0.05, 0) is 0 Å². The maximum atomic E-state index is 14.9. The van der Waals surface area contributed by atoms with Gasteiger partial charge in [0.1, 0.15) is 0 Å². The molecule has 0 saturated heterocycles. The van der Waals surface area contributed by atoms with E-state index in [0.717, 1.165) is 0 Å². The summed E-state index contributed by atoms with van der Waals surface area (Å²) in [6.07, 6.45) is -26.7. The van der Waals surface area contributed by atoms with Crippen molar-refractivity contribution < 1.29 is 202 Å². The van der Waals surface area contributed by atoms with Crippen molar-refractivity contribution in [2.24, 2.45) is 0 Å². The fourth-order valence-electron chi connectivity index (χ4n) is 4.00.